The molecule has 0 saturated heterocycles. The second kappa shape index (κ2) is 10.5. The van der Waals surface area contributed by atoms with Crippen LogP contribution in [0.3, 0.4) is 0 Å². The Morgan fingerprint density at radius 2 is 2.18 bits per heavy atom. The fraction of sp³-hybridized carbons (Fsp3) is 0.846. The number of hydrogen-bond acceptors (Lipinski definition) is 3. The fourth-order valence-electron chi connectivity index (χ4n) is 2.58. The third-order valence-electron chi connectivity index (χ3n) is 3.59. The Bertz CT molecular complexity index is 235. The van der Waals surface area contributed by atoms with Gasteiger partial charge in [-0.25, -0.2) is 0 Å². The van der Waals surface area contributed by atoms with Gasteiger partial charge < -0.3 is 21.6 Å². The van der Waals surface area contributed by atoms with E-state index in [0.717, 1.165) is 6.42 Å². The molecule has 4 heteroatoms. The number of likely N-dealkylation sites (N-methyl/N-ethyl adjacent to an activating group) is 1. The minimum Gasteiger partial charge on any atom is -0.394 e. The molecule has 0 aromatic carbocycles. The van der Waals surface area contributed by atoms with Crippen LogP contribution in [0.2, 0.25) is 0 Å². The van der Waals surface area contributed by atoms with E-state index in [1.165, 1.54) is 38.5 Å². The summed E-state index contributed by atoms with van der Waals surface area (Å²) in [6.07, 6.45) is 7.67. The molecule has 1 aliphatic carbocycles. The van der Waals surface area contributed by atoms with Gasteiger partial charge in [-0.15, -0.1) is 6.42 Å². The van der Waals surface area contributed by atoms with Crippen molar-refractivity contribution in [3.05, 3.63) is 6.42 Å². The van der Waals surface area contributed by atoms with Crippen molar-refractivity contribution in [3.63, 3.8) is 0 Å². The Balaban J connectivity index is 0.00000289. The Kier molecular flexibility index (Phi) is 9.63. The first kappa shape index (κ1) is 15.6. The van der Waals surface area contributed by atoms with Crippen LogP contribution in [-0.2, 0) is 37.5 Å². The summed E-state index contributed by atoms with van der Waals surface area (Å²) < 4.78 is 6.80. The predicted octanol–water partition coefficient (Wildman–Crippen LogP) is 1.70. The first-order valence-corrected chi connectivity index (χ1v) is 6.32. The van der Waals surface area contributed by atoms with Crippen LogP contribution in [-0.4, -0.2) is 30.6 Å². The van der Waals surface area contributed by atoms with Crippen LogP contribution < -0.4 is 5.32 Å². The van der Waals surface area contributed by atoms with Crippen LogP contribution in [0, 0.1) is 12.3 Å². The zero-order valence-electron chi connectivity index (χ0n) is 11.7. The van der Waals surface area contributed by atoms with Gasteiger partial charge in [-0.3, -0.25) is 0 Å². The Morgan fingerprint density at radius 3 is 2.71 bits per heavy atom. The van der Waals surface area contributed by atoms with Gasteiger partial charge in [0.25, 0.3) is 0 Å². The molecule has 0 heterocycles. The summed E-state index contributed by atoms with van der Waals surface area (Å²) in [5, 5.41) is 13.1. The molecule has 0 aromatic heterocycles. The Labute approximate surface area is 131 Å². The van der Waals surface area contributed by atoms with Crippen molar-refractivity contribution in [2.24, 2.45) is 5.92 Å². The molecule has 0 spiro atoms. The molecule has 0 aromatic rings. The molecule has 1 rings (SSSR count). The molecule has 2 atom stereocenters. The Hall–Kier alpha value is 0.564. The van der Waals surface area contributed by atoms with E-state index in [1.807, 2.05) is 7.05 Å². The minimum atomic E-state index is -0.712. The number of rotatable bonds is 7. The molecule has 1 fully saturated rings. The monoisotopic (exact) mass is 316 g/mol. The maximum absolute atomic E-state index is 10.5. The number of nitrogens with one attached hydrogen (secondary N) is 1. The second-order valence-electron chi connectivity index (χ2n) is 4.76. The van der Waals surface area contributed by atoms with Gasteiger partial charge in [0.05, 0.1) is 1.37 Å². The van der Waals surface area contributed by atoms with E-state index in [4.69, 9.17) is 1.37 Å². The van der Waals surface area contributed by atoms with E-state index in [-0.39, 0.29) is 45.2 Å². The quantitative estimate of drug-likeness (QED) is 0.555. The van der Waals surface area contributed by atoms with Gasteiger partial charge >= 0.3 is 0 Å². The van der Waals surface area contributed by atoms with E-state index >= 15 is 0 Å². The van der Waals surface area contributed by atoms with Gasteiger partial charge in [-0.2, -0.15) is 0 Å². The summed E-state index contributed by atoms with van der Waals surface area (Å²) in [4.78, 5) is 10.5. The largest absolute Gasteiger partial charge is 0.394 e. The van der Waals surface area contributed by atoms with Crippen LogP contribution in [0.1, 0.15) is 46.3 Å². The maximum atomic E-state index is 10.5. The van der Waals surface area contributed by atoms with E-state index in [9.17, 15) is 9.90 Å². The smallest absolute Gasteiger partial charge is 0.0680 e. The molecule has 3 nitrogen and oxygen atoms in total. The average Bonchev–Trinajstić information content (AvgIpc) is 2.34. The van der Waals surface area contributed by atoms with Crippen molar-refractivity contribution in [2.75, 3.05) is 7.05 Å². The number of hydrogen-bond donors (Lipinski definition) is 2. The number of carbonyl (C=O) groups is 1. The minimum absolute atomic E-state index is 0. The maximum Gasteiger partial charge on any atom is 0.0680 e. The topological polar surface area (TPSA) is 49.3 Å². The third kappa shape index (κ3) is 6.90. The van der Waals surface area contributed by atoms with Crippen LogP contribution in [0.25, 0.3) is 0 Å². The number of carbonyl (C=O) groups excluding carboxylic acids is 1. The molecule has 17 heavy (non-hydrogen) atoms. The summed E-state index contributed by atoms with van der Waals surface area (Å²) >= 11 is 0. The van der Waals surface area contributed by atoms with Crippen LogP contribution in [0.15, 0.2) is 0 Å². The van der Waals surface area contributed by atoms with Crippen LogP contribution in [0.4, 0.5) is 0 Å². The van der Waals surface area contributed by atoms with Crippen molar-refractivity contribution in [1.82, 2.24) is 5.32 Å². The van der Waals surface area contributed by atoms with Crippen LogP contribution >= 0.6 is 0 Å². The summed E-state index contributed by atoms with van der Waals surface area (Å²) in [5.74, 6) is 0.697. The van der Waals surface area contributed by atoms with Crippen LogP contribution in [0.5, 0.6) is 0 Å². The molecule has 1 saturated carbocycles. The Morgan fingerprint density at radius 1 is 1.53 bits per heavy atom. The van der Waals surface area contributed by atoms with E-state index in [0.29, 0.717) is 5.92 Å². The first-order chi connectivity index (χ1) is 8.13. The number of aliphatic hydroxyl groups excluding tert-OH is 1. The summed E-state index contributed by atoms with van der Waals surface area (Å²) in [5.41, 5.74) is 0. The molecular weight excluding hydrogens is 291 g/mol. The molecule has 2 unspecified atom stereocenters. The van der Waals surface area contributed by atoms with Gasteiger partial charge in [-0.1, -0.05) is 32.1 Å². The standard InChI is InChI=1S/C13H24NO2.Y/c1-14-12(13(16)8-5-9-15)10-11-6-3-2-4-7-11;/h5,9,11-14,16H,2-4,6-8,10H2,1H3;/q-1;/i9D;. The zero-order chi connectivity index (χ0) is 12.7. The van der Waals surface area contributed by atoms with Gasteiger partial charge in [0.1, 0.15) is 0 Å². The number of aldehydes is 1. The summed E-state index contributed by atoms with van der Waals surface area (Å²) in [6.45, 7) is 0. The van der Waals surface area contributed by atoms with Gasteiger partial charge in [-0.05, 0) is 25.6 Å². The molecular formula is C13H24NO2Y-. The molecule has 0 aliphatic heterocycles. The normalized spacial score (nSPS) is 20.9. The molecule has 0 bridgehead atoms. The van der Waals surface area contributed by atoms with E-state index in [1.54, 1.807) is 0 Å². The van der Waals surface area contributed by atoms with Gasteiger partial charge in [0.15, 0.2) is 0 Å². The van der Waals surface area contributed by atoms with Crippen molar-refractivity contribution < 1.29 is 44.0 Å². The summed E-state index contributed by atoms with van der Waals surface area (Å²) in [7, 11) is 1.85. The van der Waals surface area contributed by atoms with Gasteiger partial charge in [0, 0.05) is 44.9 Å². The average molecular weight is 316 g/mol. The zero-order valence-corrected chi connectivity index (χ0v) is 13.5. The first-order valence-electron chi connectivity index (χ1n) is 6.82. The fourth-order valence-corrected chi connectivity index (χ4v) is 2.58. The van der Waals surface area contributed by atoms with Crippen molar-refractivity contribution in [3.8, 4) is 0 Å². The van der Waals surface area contributed by atoms with Crippen molar-refractivity contribution >= 4 is 6.26 Å². The molecule has 2 N–H and O–H groups in total. The molecule has 0 amide bonds. The third-order valence-corrected chi connectivity index (χ3v) is 3.59. The SMILES string of the molecule is [2H]C(=O)[CH-]CC(O)C(CC1CCCCC1)NC.[Y]. The molecule has 97 valence electrons. The summed E-state index contributed by atoms with van der Waals surface area (Å²) in [6, 6.07) is 0.0358. The molecule has 1 radical (unpaired) electrons. The molecule has 1 aliphatic rings. The van der Waals surface area contributed by atoms with Crippen molar-refractivity contribution in [2.45, 2.75) is 57.1 Å². The van der Waals surface area contributed by atoms with Crippen molar-refractivity contribution in [1.29, 1.82) is 0 Å². The van der Waals surface area contributed by atoms with E-state index in [2.05, 4.69) is 5.32 Å². The van der Waals surface area contributed by atoms with E-state index < -0.39 is 12.4 Å². The number of aliphatic hydroxyl groups is 1. The predicted molar refractivity (Wildman–Crippen MR) is 65.0 cm³/mol. The second-order valence-corrected chi connectivity index (χ2v) is 4.76. The van der Waals surface area contributed by atoms with Gasteiger partial charge in [0.2, 0.25) is 0 Å².